The number of nitrogens with zero attached hydrogens (tertiary/aromatic N) is 3. The van der Waals surface area contributed by atoms with E-state index in [1.54, 1.807) is 0 Å². The Morgan fingerprint density at radius 3 is 2.62 bits per heavy atom. The highest BCUT2D eigenvalue weighted by molar-refractivity contribution is 6.31. The fourth-order valence-corrected chi connectivity index (χ4v) is 6.89. The van der Waals surface area contributed by atoms with Gasteiger partial charge >= 0.3 is 0 Å². The van der Waals surface area contributed by atoms with Crippen LogP contribution in [0.15, 0.2) is 40.9 Å². The fourth-order valence-electron chi connectivity index (χ4n) is 6.63. The number of fused-ring (bicyclic) bond motifs is 2. The van der Waals surface area contributed by atoms with E-state index < -0.39 is 23.8 Å². The van der Waals surface area contributed by atoms with Crippen LogP contribution >= 0.6 is 11.6 Å². The van der Waals surface area contributed by atoms with E-state index in [1.165, 1.54) is 0 Å². The molecule has 2 fully saturated rings. The molecular weight excluding hydrogens is 532 g/mol. The highest BCUT2D eigenvalue weighted by atomic mass is 35.5. The van der Waals surface area contributed by atoms with Gasteiger partial charge in [-0.3, -0.25) is 14.4 Å². The molecule has 9 nitrogen and oxygen atoms in total. The number of halogens is 1. The number of primary amides is 1. The van der Waals surface area contributed by atoms with E-state index in [0.717, 1.165) is 35.8 Å². The zero-order chi connectivity index (χ0) is 27.8. The van der Waals surface area contributed by atoms with Gasteiger partial charge in [-0.05, 0) is 55.5 Å². The Labute approximate surface area is 237 Å². The van der Waals surface area contributed by atoms with Crippen molar-refractivity contribution in [2.24, 2.45) is 17.6 Å². The largest absolute Gasteiger partial charge is 0.487 e. The molecular formula is C30H33ClN4O5. The van der Waals surface area contributed by atoms with Gasteiger partial charge in [-0.1, -0.05) is 41.7 Å². The monoisotopic (exact) mass is 564 g/mol. The van der Waals surface area contributed by atoms with E-state index in [2.05, 4.69) is 5.16 Å². The van der Waals surface area contributed by atoms with Crippen molar-refractivity contribution in [3.63, 3.8) is 0 Å². The molecule has 1 saturated heterocycles. The summed E-state index contributed by atoms with van der Waals surface area (Å²) in [5, 5.41) is 5.67. The maximum atomic E-state index is 14.1. The number of amides is 3. The van der Waals surface area contributed by atoms with Gasteiger partial charge in [0.05, 0.1) is 6.04 Å². The normalized spacial score (nSPS) is 22.9. The second kappa shape index (κ2) is 11.1. The number of carbonyl (C=O) groups excluding carboxylic acids is 3. The van der Waals surface area contributed by atoms with Crippen LogP contribution in [0.2, 0.25) is 5.02 Å². The van der Waals surface area contributed by atoms with Crippen molar-refractivity contribution >= 4 is 40.3 Å². The lowest BCUT2D eigenvalue weighted by Gasteiger charge is -2.43. The molecule has 3 aromatic rings. The van der Waals surface area contributed by atoms with E-state index in [9.17, 15) is 14.4 Å². The van der Waals surface area contributed by atoms with Crippen molar-refractivity contribution in [3.05, 3.63) is 58.2 Å². The van der Waals surface area contributed by atoms with Gasteiger partial charge in [0.2, 0.25) is 17.7 Å². The molecule has 6 rings (SSSR count). The van der Waals surface area contributed by atoms with Crippen molar-refractivity contribution in [2.75, 3.05) is 19.6 Å². The zero-order valence-corrected chi connectivity index (χ0v) is 23.1. The molecule has 2 aromatic carbocycles. The summed E-state index contributed by atoms with van der Waals surface area (Å²) in [5.41, 5.74) is 8.82. The van der Waals surface area contributed by atoms with Crippen LogP contribution in [0.5, 0.6) is 5.75 Å². The van der Waals surface area contributed by atoms with Crippen LogP contribution in [0.25, 0.3) is 11.0 Å². The molecule has 3 aliphatic rings. The van der Waals surface area contributed by atoms with E-state index >= 15 is 0 Å². The van der Waals surface area contributed by atoms with Crippen LogP contribution in [-0.2, 0) is 27.4 Å². The minimum absolute atomic E-state index is 0.0748. The summed E-state index contributed by atoms with van der Waals surface area (Å²) in [4.78, 5) is 42.8. The van der Waals surface area contributed by atoms with Gasteiger partial charge in [0.25, 0.3) is 0 Å². The molecule has 1 aromatic heterocycles. The third-order valence-electron chi connectivity index (χ3n) is 8.68. The minimum Gasteiger partial charge on any atom is -0.487 e. The average molecular weight is 565 g/mol. The molecule has 0 bridgehead atoms. The molecule has 2 N–H and O–H groups in total. The number of hydrogen-bond donors (Lipinski definition) is 1. The minimum atomic E-state index is -0.479. The maximum absolute atomic E-state index is 14.1. The molecule has 1 unspecified atom stereocenters. The number of carbonyl (C=O) groups is 3. The topological polar surface area (TPSA) is 119 Å². The van der Waals surface area contributed by atoms with Crippen molar-refractivity contribution in [3.8, 4) is 5.75 Å². The SMILES string of the molecule is NC(=O)[C@H]1CCCC[C@H]1C(=O)N1CCc2c(Cl)ccc(OCc3noc4ccccc34)c2C1CN1CCCC1=O. The Kier molecular flexibility index (Phi) is 7.40. The number of rotatable bonds is 7. The van der Waals surface area contributed by atoms with Crippen molar-refractivity contribution in [1.82, 2.24) is 15.0 Å². The number of para-hydroxylation sites is 1. The third-order valence-corrected chi connectivity index (χ3v) is 9.04. The number of nitrogens with two attached hydrogens (primary N) is 1. The average Bonchev–Trinajstić information content (AvgIpc) is 3.58. The Balaban J connectivity index is 1.36. The molecule has 3 amide bonds. The summed E-state index contributed by atoms with van der Waals surface area (Å²) < 4.78 is 11.8. The first kappa shape index (κ1) is 26.6. The van der Waals surface area contributed by atoms with Gasteiger partial charge in [0.1, 0.15) is 18.1 Å². The summed E-state index contributed by atoms with van der Waals surface area (Å²) in [5.74, 6) is -0.781. The second-order valence-electron chi connectivity index (χ2n) is 11.0. The third kappa shape index (κ3) is 4.91. The van der Waals surface area contributed by atoms with Crippen LogP contribution in [0.3, 0.4) is 0 Å². The lowest BCUT2D eigenvalue weighted by molar-refractivity contribution is -0.146. The molecule has 1 saturated carbocycles. The Hall–Kier alpha value is -3.59. The summed E-state index contributed by atoms with van der Waals surface area (Å²) in [6.07, 6.45) is 4.85. The van der Waals surface area contributed by atoms with Crippen molar-refractivity contribution < 1.29 is 23.6 Å². The Morgan fingerprint density at radius 2 is 1.85 bits per heavy atom. The summed E-state index contributed by atoms with van der Waals surface area (Å²) >= 11 is 6.72. The van der Waals surface area contributed by atoms with Crippen molar-refractivity contribution in [2.45, 2.75) is 57.6 Å². The van der Waals surface area contributed by atoms with Gasteiger partial charge in [-0.25, -0.2) is 0 Å². The Morgan fingerprint density at radius 1 is 1.05 bits per heavy atom. The standard InChI is InChI=1S/C30H33ClN4O5/c31-22-11-12-26(39-17-23-21-8-3-4-9-25(21)40-33-23)28-20(22)13-15-35(24(28)16-34-14-5-10-27(34)36)30(38)19-7-2-1-6-18(19)29(32)37/h3-4,8-9,11-12,18-19,24H,1-2,5-7,10,13-17H2,(H2,32,37)/t18-,19+,24?/m0/s1. The molecule has 0 spiro atoms. The quantitative estimate of drug-likeness (QED) is 0.454. The molecule has 10 heteroatoms. The van der Waals surface area contributed by atoms with Gasteiger partial charge < -0.3 is 24.8 Å². The molecule has 210 valence electrons. The molecule has 3 atom stereocenters. The van der Waals surface area contributed by atoms with E-state index in [-0.39, 0.29) is 18.4 Å². The summed E-state index contributed by atoms with van der Waals surface area (Å²) in [6, 6.07) is 10.8. The first-order valence-corrected chi connectivity index (χ1v) is 14.4. The van der Waals surface area contributed by atoms with Crippen LogP contribution in [0.1, 0.15) is 61.4 Å². The van der Waals surface area contributed by atoms with E-state index in [4.69, 9.17) is 26.6 Å². The van der Waals surface area contributed by atoms with Crippen LogP contribution in [0.4, 0.5) is 0 Å². The molecule has 2 aliphatic heterocycles. The van der Waals surface area contributed by atoms with Gasteiger partial charge in [0, 0.05) is 53.9 Å². The number of hydrogen-bond acceptors (Lipinski definition) is 6. The second-order valence-corrected chi connectivity index (χ2v) is 11.4. The molecule has 40 heavy (non-hydrogen) atoms. The molecule has 3 heterocycles. The first-order valence-electron chi connectivity index (χ1n) is 14.1. The van der Waals surface area contributed by atoms with E-state index in [1.807, 2.05) is 46.2 Å². The summed E-state index contributed by atoms with van der Waals surface area (Å²) in [6.45, 7) is 1.59. The number of aromatic nitrogens is 1. The van der Waals surface area contributed by atoms with Gasteiger partial charge in [-0.15, -0.1) is 0 Å². The number of ether oxygens (including phenoxy) is 1. The van der Waals surface area contributed by atoms with Crippen molar-refractivity contribution in [1.29, 1.82) is 0 Å². The van der Waals surface area contributed by atoms with Gasteiger partial charge in [-0.2, -0.15) is 0 Å². The van der Waals surface area contributed by atoms with Crippen LogP contribution < -0.4 is 10.5 Å². The highest BCUT2D eigenvalue weighted by Gasteiger charge is 2.43. The lowest BCUT2D eigenvalue weighted by atomic mass is 9.77. The predicted octanol–water partition coefficient (Wildman–Crippen LogP) is 4.40. The van der Waals surface area contributed by atoms with Gasteiger partial charge in [0.15, 0.2) is 5.58 Å². The summed E-state index contributed by atoms with van der Waals surface area (Å²) in [7, 11) is 0. The Bertz CT molecular complexity index is 1460. The first-order chi connectivity index (χ1) is 19.4. The lowest BCUT2D eigenvalue weighted by Crippen LogP contribution is -2.50. The van der Waals surface area contributed by atoms with Crippen LogP contribution in [0, 0.1) is 11.8 Å². The molecule has 1 aliphatic carbocycles. The smallest absolute Gasteiger partial charge is 0.227 e. The predicted molar refractivity (Wildman–Crippen MR) is 148 cm³/mol. The number of likely N-dealkylation sites (tertiary alicyclic amines) is 1. The van der Waals surface area contributed by atoms with E-state index in [0.29, 0.717) is 67.4 Å². The van der Waals surface area contributed by atoms with Crippen LogP contribution in [-0.4, -0.2) is 52.3 Å². The number of benzene rings is 2. The molecule has 0 radical (unpaired) electrons. The maximum Gasteiger partial charge on any atom is 0.227 e. The zero-order valence-electron chi connectivity index (χ0n) is 22.3. The fraction of sp³-hybridized carbons (Fsp3) is 0.467. The highest BCUT2D eigenvalue weighted by Crippen LogP contribution is 2.43.